The summed E-state index contributed by atoms with van der Waals surface area (Å²) in [5, 5.41) is 0. The Morgan fingerprint density at radius 2 is 0.949 bits per heavy atom. The molecule has 0 fully saturated rings. The monoisotopic (exact) mass is 510 g/mol. The van der Waals surface area contributed by atoms with E-state index in [0.717, 1.165) is 22.3 Å². The highest BCUT2D eigenvalue weighted by atomic mass is 19.3. The number of fused-ring (bicyclic) bond motifs is 3. The Bertz CT molecular complexity index is 1760. The number of alkyl halides is 2. The minimum Gasteiger partial charge on any atom is -0.264 e. The minimum absolute atomic E-state index is 0.00659. The first-order valence-electron chi connectivity index (χ1n) is 12.5. The van der Waals surface area contributed by atoms with E-state index < -0.39 is 5.92 Å². The molecular formula is C33H20F2N4. The fourth-order valence-electron chi connectivity index (χ4n) is 5.02. The Labute approximate surface area is 223 Å². The molecule has 0 unspecified atom stereocenters. The second-order valence-corrected chi connectivity index (χ2v) is 9.38. The lowest BCUT2D eigenvalue weighted by Crippen LogP contribution is -2.10. The average Bonchev–Trinajstić information content (AvgIpc) is 3.23. The highest BCUT2D eigenvalue weighted by Gasteiger charge is 2.44. The number of benzene rings is 4. The molecule has 0 saturated heterocycles. The topological polar surface area (TPSA) is 51.6 Å². The third kappa shape index (κ3) is 3.97. The summed E-state index contributed by atoms with van der Waals surface area (Å²) in [6.07, 6.45) is 3.42. The van der Waals surface area contributed by atoms with Crippen LogP contribution in [-0.2, 0) is 5.92 Å². The Kier molecular flexibility index (Phi) is 5.33. The lowest BCUT2D eigenvalue weighted by Gasteiger charge is -2.13. The first-order chi connectivity index (χ1) is 19.1. The van der Waals surface area contributed by atoms with Crippen molar-refractivity contribution in [3.63, 3.8) is 0 Å². The predicted molar refractivity (Wildman–Crippen MR) is 148 cm³/mol. The van der Waals surface area contributed by atoms with E-state index in [1.54, 1.807) is 30.6 Å². The van der Waals surface area contributed by atoms with Gasteiger partial charge in [-0.2, -0.15) is 8.78 Å². The van der Waals surface area contributed by atoms with Crippen molar-refractivity contribution in [2.75, 3.05) is 0 Å². The zero-order valence-electron chi connectivity index (χ0n) is 20.6. The van der Waals surface area contributed by atoms with Gasteiger partial charge in [0.05, 0.1) is 0 Å². The van der Waals surface area contributed by atoms with E-state index in [2.05, 4.69) is 4.98 Å². The summed E-state index contributed by atoms with van der Waals surface area (Å²) < 4.78 is 31.0. The molecular weight excluding hydrogens is 490 g/mol. The summed E-state index contributed by atoms with van der Waals surface area (Å²) in [5.74, 6) is -1.64. The van der Waals surface area contributed by atoms with Crippen molar-refractivity contribution in [3.8, 4) is 56.4 Å². The third-order valence-corrected chi connectivity index (χ3v) is 6.96. The van der Waals surface area contributed by atoms with Crippen LogP contribution in [0.3, 0.4) is 0 Å². The minimum atomic E-state index is -3.10. The number of rotatable bonds is 4. The first kappa shape index (κ1) is 23.0. The van der Waals surface area contributed by atoms with E-state index in [9.17, 15) is 0 Å². The van der Waals surface area contributed by atoms with Crippen LogP contribution in [0.4, 0.5) is 8.78 Å². The Morgan fingerprint density at radius 1 is 0.462 bits per heavy atom. The number of pyridine rings is 1. The Morgan fingerprint density at radius 3 is 1.49 bits per heavy atom. The molecule has 0 radical (unpaired) electrons. The largest absolute Gasteiger partial charge is 0.299 e. The van der Waals surface area contributed by atoms with E-state index in [1.165, 1.54) is 12.1 Å². The maximum atomic E-state index is 15.5. The number of hydrogen-bond acceptors (Lipinski definition) is 4. The molecule has 0 saturated carbocycles. The number of aromatic nitrogens is 4. The number of hydrogen-bond donors (Lipinski definition) is 0. The van der Waals surface area contributed by atoms with Gasteiger partial charge in [-0.25, -0.2) is 15.0 Å². The summed E-state index contributed by atoms with van der Waals surface area (Å²) in [7, 11) is 0. The zero-order valence-corrected chi connectivity index (χ0v) is 20.6. The van der Waals surface area contributed by atoms with Gasteiger partial charge in [0.25, 0.3) is 5.92 Å². The number of halogens is 2. The highest BCUT2D eigenvalue weighted by Crippen LogP contribution is 2.52. The molecule has 0 aliphatic heterocycles. The summed E-state index contributed by atoms with van der Waals surface area (Å²) in [5.41, 5.74) is 4.97. The van der Waals surface area contributed by atoms with Gasteiger partial charge in [-0.3, -0.25) is 4.98 Å². The predicted octanol–water partition coefficient (Wildman–Crippen LogP) is 8.06. The number of nitrogens with zero attached hydrogens (tertiary/aromatic N) is 4. The maximum Gasteiger partial charge on any atom is 0.299 e. The molecule has 6 aromatic rings. The molecule has 2 heterocycles. The zero-order chi connectivity index (χ0) is 26.4. The van der Waals surface area contributed by atoms with Crippen LogP contribution >= 0.6 is 0 Å². The van der Waals surface area contributed by atoms with Crippen molar-refractivity contribution in [3.05, 3.63) is 133 Å². The molecule has 6 heteroatoms. The van der Waals surface area contributed by atoms with E-state index >= 15 is 8.78 Å². The molecule has 0 N–H and O–H groups in total. The van der Waals surface area contributed by atoms with Crippen molar-refractivity contribution in [2.24, 2.45) is 0 Å². The van der Waals surface area contributed by atoms with Crippen LogP contribution in [0.2, 0.25) is 0 Å². The fourth-order valence-corrected chi connectivity index (χ4v) is 5.02. The smallest absolute Gasteiger partial charge is 0.264 e. The molecule has 0 spiro atoms. The fraction of sp³-hybridized carbons (Fsp3) is 0.0303. The van der Waals surface area contributed by atoms with Crippen LogP contribution in [0, 0.1) is 0 Å². The second kappa shape index (κ2) is 9.03. The van der Waals surface area contributed by atoms with Gasteiger partial charge in [-0.05, 0) is 34.9 Å². The van der Waals surface area contributed by atoms with Gasteiger partial charge in [0.2, 0.25) is 0 Å². The van der Waals surface area contributed by atoms with Gasteiger partial charge >= 0.3 is 0 Å². The molecule has 7 rings (SSSR count). The highest BCUT2D eigenvalue weighted by molar-refractivity contribution is 5.86. The molecule has 0 amide bonds. The molecule has 186 valence electrons. The summed E-state index contributed by atoms with van der Waals surface area (Å²) in [6.45, 7) is 0. The first-order valence-corrected chi connectivity index (χ1v) is 12.5. The Hall–Kier alpha value is -5.10. The normalized spacial score (nSPS) is 13.1. The summed E-state index contributed by atoms with van der Waals surface area (Å²) in [4.78, 5) is 18.4. The average molecular weight is 511 g/mol. The molecule has 2 aromatic heterocycles. The van der Waals surface area contributed by atoms with Crippen molar-refractivity contribution in [1.29, 1.82) is 0 Å². The van der Waals surface area contributed by atoms with Gasteiger partial charge in [0.15, 0.2) is 17.5 Å². The standard InChI is InChI=1S/C33H20F2N4/c34-33(35)28-15-13-23(25-12-7-17-36-20-25)18-26(28)27-19-24(14-16-29(27)33)32-38-30(21-8-3-1-4-9-21)37-31(39-32)22-10-5-2-6-11-22/h1-20H. The van der Waals surface area contributed by atoms with Crippen LogP contribution < -0.4 is 0 Å². The van der Waals surface area contributed by atoms with Gasteiger partial charge in [0, 0.05) is 45.8 Å². The van der Waals surface area contributed by atoms with Crippen LogP contribution in [0.5, 0.6) is 0 Å². The summed E-state index contributed by atoms with van der Waals surface area (Å²) >= 11 is 0. The van der Waals surface area contributed by atoms with Crippen molar-refractivity contribution >= 4 is 0 Å². The quantitative estimate of drug-likeness (QED) is 0.241. The van der Waals surface area contributed by atoms with E-state index in [1.807, 2.05) is 78.9 Å². The van der Waals surface area contributed by atoms with E-state index in [0.29, 0.717) is 34.2 Å². The van der Waals surface area contributed by atoms with Crippen molar-refractivity contribution < 1.29 is 8.78 Å². The Balaban J connectivity index is 1.40. The second-order valence-electron chi connectivity index (χ2n) is 9.38. The molecule has 0 bridgehead atoms. The van der Waals surface area contributed by atoms with Gasteiger partial charge in [-0.1, -0.05) is 91.0 Å². The lowest BCUT2D eigenvalue weighted by molar-refractivity contribution is 0.0480. The van der Waals surface area contributed by atoms with E-state index in [-0.39, 0.29) is 11.1 Å². The molecule has 0 atom stereocenters. The summed E-state index contributed by atoms with van der Waals surface area (Å²) in [6, 6.07) is 33.0. The molecule has 4 nitrogen and oxygen atoms in total. The SMILES string of the molecule is FC1(F)c2ccc(-c3cccnc3)cc2-c2cc(-c3nc(-c4ccccc4)nc(-c4ccccc4)n3)ccc21. The lowest BCUT2D eigenvalue weighted by atomic mass is 9.98. The molecule has 1 aliphatic carbocycles. The molecule has 1 aliphatic rings. The molecule has 4 aromatic carbocycles. The maximum absolute atomic E-state index is 15.5. The van der Waals surface area contributed by atoms with Crippen molar-refractivity contribution in [1.82, 2.24) is 19.9 Å². The van der Waals surface area contributed by atoms with Crippen molar-refractivity contribution in [2.45, 2.75) is 5.92 Å². The van der Waals surface area contributed by atoms with E-state index in [4.69, 9.17) is 15.0 Å². The van der Waals surface area contributed by atoms with Gasteiger partial charge in [0.1, 0.15) is 0 Å². The van der Waals surface area contributed by atoms with Gasteiger partial charge < -0.3 is 0 Å². The third-order valence-electron chi connectivity index (χ3n) is 6.96. The van der Waals surface area contributed by atoms with Gasteiger partial charge in [-0.15, -0.1) is 0 Å². The van der Waals surface area contributed by atoms with Crippen LogP contribution in [-0.4, -0.2) is 19.9 Å². The van der Waals surface area contributed by atoms with Crippen LogP contribution in [0.25, 0.3) is 56.4 Å². The van der Waals surface area contributed by atoms with Crippen LogP contribution in [0.15, 0.2) is 122 Å². The molecule has 39 heavy (non-hydrogen) atoms. The van der Waals surface area contributed by atoms with Crippen LogP contribution in [0.1, 0.15) is 11.1 Å².